The van der Waals surface area contributed by atoms with Crippen LogP contribution in [0.1, 0.15) is 22.9 Å². The van der Waals surface area contributed by atoms with Crippen LogP contribution in [0.5, 0.6) is 11.5 Å². The van der Waals surface area contributed by atoms with Crippen molar-refractivity contribution < 1.29 is 19.0 Å². The lowest BCUT2D eigenvalue weighted by Crippen LogP contribution is -2.43. The van der Waals surface area contributed by atoms with Crippen molar-refractivity contribution >= 4 is 23.0 Å². The van der Waals surface area contributed by atoms with Gasteiger partial charge in [-0.1, -0.05) is 6.07 Å². The number of thiophene rings is 1. The molecule has 8 heteroatoms. The molecule has 1 saturated heterocycles. The Bertz CT molecular complexity index is 878. The Morgan fingerprint density at radius 3 is 2.76 bits per heavy atom. The molecule has 0 radical (unpaired) electrons. The van der Waals surface area contributed by atoms with Crippen molar-refractivity contribution in [2.24, 2.45) is 5.10 Å². The van der Waals surface area contributed by atoms with Gasteiger partial charge in [0.2, 0.25) is 0 Å². The van der Waals surface area contributed by atoms with Crippen LogP contribution in [0, 0.1) is 0 Å². The SMILES string of the molecule is COc1ccc(OC)c([C@H]2CC(c3cccs3)=NN2C(=O)CN2CCOCC2)c1. The number of rotatable bonds is 6. The van der Waals surface area contributed by atoms with E-state index >= 15 is 0 Å². The zero-order valence-corrected chi connectivity index (χ0v) is 17.5. The third kappa shape index (κ3) is 4.29. The summed E-state index contributed by atoms with van der Waals surface area (Å²) in [4.78, 5) is 16.4. The van der Waals surface area contributed by atoms with Crippen LogP contribution in [0.2, 0.25) is 0 Å². The van der Waals surface area contributed by atoms with Gasteiger partial charge in [0.15, 0.2) is 0 Å². The lowest BCUT2D eigenvalue weighted by atomic mass is 9.99. The summed E-state index contributed by atoms with van der Waals surface area (Å²) >= 11 is 1.63. The van der Waals surface area contributed by atoms with E-state index in [9.17, 15) is 4.79 Å². The first-order valence-corrected chi connectivity index (χ1v) is 10.5. The largest absolute Gasteiger partial charge is 0.497 e. The fourth-order valence-electron chi connectivity index (χ4n) is 3.70. The summed E-state index contributed by atoms with van der Waals surface area (Å²) in [7, 11) is 3.27. The summed E-state index contributed by atoms with van der Waals surface area (Å²) in [6.07, 6.45) is 0.638. The zero-order chi connectivity index (χ0) is 20.2. The molecule has 3 heterocycles. The zero-order valence-electron chi connectivity index (χ0n) is 16.7. The quantitative estimate of drug-likeness (QED) is 0.726. The maximum atomic E-state index is 13.2. The third-order valence-electron chi connectivity index (χ3n) is 5.23. The topological polar surface area (TPSA) is 63.6 Å². The fraction of sp³-hybridized carbons (Fsp3) is 0.429. The molecule has 0 unspecified atom stereocenters. The fourth-order valence-corrected chi connectivity index (χ4v) is 4.42. The molecule has 2 aliphatic rings. The number of amides is 1. The molecule has 1 fully saturated rings. The van der Waals surface area contributed by atoms with Crippen LogP contribution in [-0.2, 0) is 9.53 Å². The van der Waals surface area contributed by atoms with E-state index in [4.69, 9.17) is 19.3 Å². The smallest absolute Gasteiger partial charge is 0.257 e. The number of benzene rings is 1. The minimum absolute atomic E-state index is 0.0201. The second-order valence-electron chi connectivity index (χ2n) is 6.98. The van der Waals surface area contributed by atoms with E-state index in [0.29, 0.717) is 26.2 Å². The Hall–Kier alpha value is -2.42. The molecule has 7 nitrogen and oxygen atoms in total. The predicted octanol–water partition coefficient (Wildman–Crippen LogP) is 2.78. The highest BCUT2D eigenvalue weighted by Gasteiger charge is 2.36. The van der Waals surface area contributed by atoms with Crippen molar-refractivity contribution in [1.29, 1.82) is 0 Å². The van der Waals surface area contributed by atoms with Gasteiger partial charge in [-0.3, -0.25) is 9.69 Å². The molecule has 1 atom stereocenters. The summed E-state index contributed by atoms with van der Waals surface area (Å²) in [6, 6.07) is 9.48. The molecule has 0 N–H and O–H groups in total. The molecule has 154 valence electrons. The van der Waals surface area contributed by atoms with Crippen molar-refractivity contribution in [3.8, 4) is 11.5 Å². The number of nitrogens with zero attached hydrogens (tertiary/aromatic N) is 3. The molecular formula is C21H25N3O4S. The number of hydrazone groups is 1. The molecule has 0 saturated carbocycles. The van der Waals surface area contributed by atoms with Gasteiger partial charge in [0, 0.05) is 25.1 Å². The first-order chi connectivity index (χ1) is 14.2. The number of hydrogen-bond acceptors (Lipinski definition) is 7. The summed E-state index contributed by atoms with van der Waals surface area (Å²) in [5.41, 5.74) is 1.82. The van der Waals surface area contributed by atoms with Crippen molar-refractivity contribution in [3.63, 3.8) is 0 Å². The average molecular weight is 416 g/mol. The third-order valence-corrected chi connectivity index (χ3v) is 6.15. The number of carbonyl (C=O) groups excluding carboxylic acids is 1. The molecule has 4 rings (SSSR count). The Labute approximate surface area is 174 Å². The van der Waals surface area contributed by atoms with Gasteiger partial charge in [0.1, 0.15) is 11.5 Å². The normalized spacial score (nSPS) is 19.9. The molecule has 0 spiro atoms. The maximum absolute atomic E-state index is 13.2. The second-order valence-corrected chi connectivity index (χ2v) is 7.93. The van der Waals surface area contributed by atoms with Gasteiger partial charge in [0.25, 0.3) is 5.91 Å². The van der Waals surface area contributed by atoms with Crippen molar-refractivity contribution in [2.75, 3.05) is 47.1 Å². The van der Waals surface area contributed by atoms with Gasteiger partial charge >= 0.3 is 0 Å². The molecule has 1 amide bonds. The first kappa shape index (κ1) is 19.9. The monoisotopic (exact) mass is 415 g/mol. The van der Waals surface area contributed by atoms with Gasteiger partial charge < -0.3 is 14.2 Å². The summed E-state index contributed by atoms with van der Waals surface area (Å²) in [5.74, 6) is 1.43. The van der Waals surface area contributed by atoms with E-state index < -0.39 is 0 Å². The summed E-state index contributed by atoms with van der Waals surface area (Å²) in [6.45, 7) is 3.16. The summed E-state index contributed by atoms with van der Waals surface area (Å²) < 4.78 is 16.4. The Balaban J connectivity index is 1.65. The Morgan fingerprint density at radius 1 is 1.24 bits per heavy atom. The van der Waals surface area contributed by atoms with E-state index in [1.54, 1.807) is 30.6 Å². The minimum atomic E-state index is -0.231. The lowest BCUT2D eigenvalue weighted by molar-refractivity contribution is -0.135. The predicted molar refractivity (Wildman–Crippen MR) is 112 cm³/mol. The highest BCUT2D eigenvalue weighted by Crippen LogP contribution is 2.39. The van der Waals surface area contributed by atoms with E-state index in [2.05, 4.69) is 4.90 Å². The number of morpholine rings is 1. The van der Waals surface area contributed by atoms with Crippen LogP contribution in [-0.4, -0.2) is 68.6 Å². The molecule has 29 heavy (non-hydrogen) atoms. The molecule has 2 aromatic rings. The Morgan fingerprint density at radius 2 is 2.07 bits per heavy atom. The van der Waals surface area contributed by atoms with Crippen LogP contribution in [0.25, 0.3) is 0 Å². The summed E-state index contributed by atoms with van der Waals surface area (Å²) in [5, 5.41) is 8.39. The van der Waals surface area contributed by atoms with Crippen molar-refractivity contribution in [1.82, 2.24) is 9.91 Å². The molecule has 1 aromatic heterocycles. The molecule has 0 bridgehead atoms. The van der Waals surface area contributed by atoms with Crippen LogP contribution in [0.3, 0.4) is 0 Å². The second kappa shape index (κ2) is 8.94. The highest BCUT2D eigenvalue weighted by atomic mass is 32.1. The van der Waals surface area contributed by atoms with E-state index in [1.165, 1.54) is 0 Å². The van der Waals surface area contributed by atoms with E-state index in [0.717, 1.165) is 40.7 Å². The van der Waals surface area contributed by atoms with Gasteiger partial charge in [0.05, 0.1) is 50.6 Å². The molecular weight excluding hydrogens is 390 g/mol. The standard InChI is InChI=1S/C21H25N3O4S/c1-26-15-5-6-19(27-2)16(12-15)18-13-17(20-4-3-11-29-20)22-24(18)21(25)14-23-7-9-28-10-8-23/h3-6,11-12,18H,7-10,13-14H2,1-2H3/t18-/m1/s1. The van der Waals surface area contributed by atoms with Crippen LogP contribution < -0.4 is 9.47 Å². The first-order valence-electron chi connectivity index (χ1n) is 9.65. The number of methoxy groups -OCH3 is 2. The van der Waals surface area contributed by atoms with Crippen LogP contribution in [0.4, 0.5) is 0 Å². The maximum Gasteiger partial charge on any atom is 0.257 e. The average Bonchev–Trinajstić information content (AvgIpc) is 3.44. The van der Waals surface area contributed by atoms with Gasteiger partial charge in [-0.05, 0) is 29.6 Å². The number of hydrogen-bond donors (Lipinski definition) is 0. The molecule has 0 aliphatic carbocycles. The van der Waals surface area contributed by atoms with Gasteiger partial charge in [-0.25, -0.2) is 5.01 Å². The lowest BCUT2D eigenvalue weighted by Gasteiger charge is -2.29. The minimum Gasteiger partial charge on any atom is -0.497 e. The number of ether oxygens (including phenoxy) is 3. The van der Waals surface area contributed by atoms with Crippen LogP contribution in [0.15, 0.2) is 40.8 Å². The van der Waals surface area contributed by atoms with Crippen molar-refractivity contribution in [2.45, 2.75) is 12.5 Å². The van der Waals surface area contributed by atoms with E-state index in [-0.39, 0.29) is 11.9 Å². The van der Waals surface area contributed by atoms with Crippen molar-refractivity contribution in [3.05, 3.63) is 46.2 Å². The van der Waals surface area contributed by atoms with Crippen LogP contribution >= 0.6 is 11.3 Å². The number of carbonyl (C=O) groups is 1. The van der Waals surface area contributed by atoms with Gasteiger partial charge in [-0.15, -0.1) is 11.3 Å². The van der Waals surface area contributed by atoms with E-state index in [1.807, 2.05) is 35.7 Å². The van der Waals surface area contributed by atoms with Gasteiger partial charge in [-0.2, -0.15) is 5.10 Å². The highest BCUT2D eigenvalue weighted by molar-refractivity contribution is 7.12. The molecule has 1 aromatic carbocycles. The Kier molecular flexibility index (Phi) is 6.13. The molecule has 2 aliphatic heterocycles.